The first kappa shape index (κ1) is 17.7. The van der Waals surface area contributed by atoms with E-state index in [9.17, 15) is 14.4 Å². The van der Waals surface area contributed by atoms with Crippen molar-refractivity contribution in [3.05, 3.63) is 16.0 Å². The fourth-order valence-electron chi connectivity index (χ4n) is 3.65. The Balaban J connectivity index is 2.10. The molecule has 1 saturated heterocycles. The quantitative estimate of drug-likeness (QED) is 0.464. The third-order valence-electron chi connectivity index (χ3n) is 4.98. The second kappa shape index (κ2) is 6.64. The van der Waals surface area contributed by atoms with Gasteiger partial charge in [0.15, 0.2) is 5.78 Å². The Morgan fingerprint density at radius 3 is 2.62 bits per heavy atom. The lowest BCUT2D eigenvalue weighted by Crippen LogP contribution is -2.39. The summed E-state index contributed by atoms with van der Waals surface area (Å²) in [6.45, 7) is 7.53. The number of ketones is 1. The van der Waals surface area contributed by atoms with Gasteiger partial charge >= 0.3 is 0 Å². The van der Waals surface area contributed by atoms with Crippen LogP contribution in [0.1, 0.15) is 59.2 Å². The molecule has 6 heteroatoms. The van der Waals surface area contributed by atoms with Crippen molar-refractivity contribution in [1.82, 2.24) is 4.90 Å². The number of hydrogen-bond acceptors (Lipinski definition) is 5. The molecule has 1 aromatic rings. The number of hydrogen-bond donors (Lipinski definition) is 0. The number of thioether (sulfide) groups is 1. The summed E-state index contributed by atoms with van der Waals surface area (Å²) >= 11 is 3.04. The molecular weight excluding hydrogens is 342 g/mol. The maximum absolute atomic E-state index is 13.0. The van der Waals surface area contributed by atoms with Crippen molar-refractivity contribution in [2.75, 3.05) is 18.8 Å². The second-order valence-electron chi connectivity index (χ2n) is 7.15. The van der Waals surface area contributed by atoms with Crippen LogP contribution in [0.2, 0.25) is 0 Å². The fraction of sp³-hybridized carbons (Fsp3) is 0.611. The van der Waals surface area contributed by atoms with Crippen LogP contribution in [0.15, 0.2) is 4.21 Å². The molecule has 1 atom stereocenters. The fourth-order valence-corrected chi connectivity index (χ4v) is 6.15. The molecule has 1 fully saturated rings. The first-order valence-corrected chi connectivity index (χ1v) is 10.3. The summed E-state index contributed by atoms with van der Waals surface area (Å²) in [6, 6.07) is 0. The zero-order valence-corrected chi connectivity index (χ0v) is 16.0. The van der Waals surface area contributed by atoms with Crippen molar-refractivity contribution in [2.24, 2.45) is 11.3 Å². The van der Waals surface area contributed by atoms with Crippen LogP contribution in [0.3, 0.4) is 0 Å². The molecule has 1 amide bonds. The van der Waals surface area contributed by atoms with Crippen molar-refractivity contribution in [1.29, 1.82) is 0 Å². The summed E-state index contributed by atoms with van der Waals surface area (Å²) in [5, 5.41) is 0. The van der Waals surface area contributed by atoms with Gasteiger partial charge in [-0.3, -0.25) is 9.59 Å². The van der Waals surface area contributed by atoms with E-state index in [4.69, 9.17) is 0 Å². The van der Waals surface area contributed by atoms with Crippen LogP contribution in [-0.4, -0.2) is 41.7 Å². The van der Waals surface area contributed by atoms with Gasteiger partial charge in [-0.2, -0.15) is 0 Å². The van der Waals surface area contributed by atoms with Gasteiger partial charge < -0.3 is 9.69 Å². The van der Waals surface area contributed by atoms with E-state index in [0.29, 0.717) is 16.9 Å². The zero-order valence-electron chi connectivity index (χ0n) is 14.4. The highest BCUT2D eigenvalue weighted by molar-refractivity contribution is 8.01. The van der Waals surface area contributed by atoms with Gasteiger partial charge in [-0.05, 0) is 36.0 Å². The lowest BCUT2D eigenvalue weighted by Gasteiger charge is -2.34. The maximum atomic E-state index is 13.0. The molecule has 1 aromatic heterocycles. The second-order valence-corrected chi connectivity index (χ2v) is 9.70. The van der Waals surface area contributed by atoms with Gasteiger partial charge in [0, 0.05) is 18.7 Å². The van der Waals surface area contributed by atoms with E-state index in [1.165, 1.54) is 11.3 Å². The minimum Gasteiger partial charge on any atom is -0.338 e. The predicted molar refractivity (Wildman–Crippen MR) is 97.2 cm³/mol. The predicted octanol–water partition coefficient (Wildman–Crippen LogP) is 3.68. The van der Waals surface area contributed by atoms with Crippen molar-refractivity contribution >= 4 is 41.1 Å². The Morgan fingerprint density at radius 2 is 2.04 bits per heavy atom. The van der Waals surface area contributed by atoms with E-state index < -0.39 is 11.3 Å². The number of likely N-dealkylation sites (tertiary alicyclic amines) is 1. The number of rotatable bonds is 4. The first-order chi connectivity index (χ1) is 11.4. The van der Waals surface area contributed by atoms with Crippen LogP contribution in [0, 0.1) is 11.3 Å². The molecule has 0 spiro atoms. The number of carbonyl (C=O) groups is 3. The monoisotopic (exact) mass is 365 g/mol. The van der Waals surface area contributed by atoms with E-state index >= 15 is 0 Å². The molecule has 0 saturated carbocycles. The molecule has 4 nitrogen and oxygen atoms in total. The van der Waals surface area contributed by atoms with Gasteiger partial charge in [0.25, 0.3) is 5.91 Å². The van der Waals surface area contributed by atoms with Crippen LogP contribution in [0.4, 0.5) is 0 Å². The van der Waals surface area contributed by atoms with E-state index in [-0.39, 0.29) is 11.7 Å². The molecular formula is C18H23NO3S2. The van der Waals surface area contributed by atoms with Crippen LogP contribution >= 0.6 is 23.1 Å². The summed E-state index contributed by atoms with van der Waals surface area (Å²) in [5.74, 6) is 0.173. The van der Waals surface area contributed by atoms with E-state index in [0.717, 1.165) is 47.7 Å². The minimum absolute atomic E-state index is 0.0601. The Kier molecular flexibility index (Phi) is 4.89. The van der Waals surface area contributed by atoms with E-state index in [1.54, 1.807) is 11.8 Å². The van der Waals surface area contributed by atoms with Crippen LogP contribution in [-0.2, 0) is 11.2 Å². The smallest absolute Gasteiger partial charge is 0.264 e. The Labute approximate surface area is 151 Å². The lowest BCUT2D eigenvalue weighted by molar-refractivity contribution is -0.112. The number of fused-ring (bicyclic) bond motifs is 1. The highest BCUT2D eigenvalue weighted by atomic mass is 32.2. The van der Waals surface area contributed by atoms with Gasteiger partial charge in [-0.1, -0.05) is 20.8 Å². The molecule has 1 aliphatic carbocycles. The van der Waals surface area contributed by atoms with Crippen molar-refractivity contribution in [3.63, 3.8) is 0 Å². The average molecular weight is 366 g/mol. The molecule has 0 aromatic carbocycles. The van der Waals surface area contributed by atoms with Gasteiger partial charge in [0.1, 0.15) is 6.29 Å². The molecule has 130 valence electrons. The summed E-state index contributed by atoms with van der Waals surface area (Å²) in [6.07, 6.45) is 3.49. The third-order valence-corrected chi connectivity index (χ3v) is 7.35. The molecule has 1 aliphatic heterocycles. The van der Waals surface area contributed by atoms with Gasteiger partial charge in [-0.15, -0.1) is 23.1 Å². The van der Waals surface area contributed by atoms with Crippen LogP contribution < -0.4 is 0 Å². The summed E-state index contributed by atoms with van der Waals surface area (Å²) in [7, 11) is 0. The Bertz CT molecular complexity index is 687. The molecule has 0 bridgehead atoms. The van der Waals surface area contributed by atoms with Crippen LogP contribution in [0.25, 0.3) is 0 Å². The highest BCUT2D eigenvalue weighted by Crippen LogP contribution is 2.47. The highest BCUT2D eigenvalue weighted by Gasteiger charge is 2.45. The summed E-state index contributed by atoms with van der Waals surface area (Å²) in [5.41, 5.74) is 1.08. The minimum atomic E-state index is -0.620. The molecule has 2 heterocycles. The molecule has 24 heavy (non-hydrogen) atoms. The Hall–Kier alpha value is -1.14. The third kappa shape index (κ3) is 2.84. The van der Waals surface area contributed by atoms with Crippen molar-refractivity contribution in [3.8, 4) is 0 Å². The van der Waals surface area contributed by atoms with E-state index in [1.807, 2.05) is 25.7 Å². The topological polar surface area (TPSA) is 54.5 Å². The normalized spacial score (nSPS) is 22.5. The number of amides is 1. The number of thiophene rings is 1. The van der Waals surface area contributed by atoms with E-state index in [2.05, 4.69) is 0 Å². The zero-order chi connectivity index (χ0) is 17.5. The standard InChI is InChI=1S/C18H23NO3S2/c1-4-23-17-13-11(9-18(2,3)12(10-20)14(13)21)15(24-17)16(22)19-7-5-6-8-19/h10,12H,4-9H2,1-3H3. The molecule has 2 aliphatic rings. The SMILES string of the molecule is CCSc1sc(C(=O)N2CCCC2)c2c1C(=O)C(C=O)C(C)(C)C2. The number of carbonyl (C=O) groups excluding carboxylic acids is 3. The number of aldehydes is 1. The largest absolute Gasteiger partial charge is 0.338 e. The Morgan fingerprint density at radius 1 is 1.38 bits per heavy atom. The average Bonchev–Trinajstić information content (AvgIpc) is 3.15. The van der Waals surface area contributed by atoms with Gasteiger partial charge in [0.2, 0.25) is 0 Å². The first-order valence-electron chi connectivity index (χ1n) is 8.48. The maximum Gasteiger partial charge on any atom is 0.264 e. The lowest BCUT2D eigenvalue weighted by atomic mass is 9.67. The van der Waals surface area contributed by atoms with Gasteiger partial charge in [-0.25, -0.2) is 0 Å². The van der Waals surface area contributed by atoms with Crippen molar-refractivity contribution in [2.45, 2.75) is 44.2 Å². The summed E-state index contributed by atoms with van der Waals surface area (Å²) < 4.78 is 0.905. The summed E-state index contributed by atoms with van der Waals surface area (Å²) in [4.78, 5) is 40.0. The molecule has 1 unspecified atom stereocenters. The number of Topliss-reactive ketones (excluding diaryl/α,β-unsaturated/α-hetero) is 1. The van der Waals surface area contributed by atoms with Gasteiger partial charge in [0.05, 0.1) is 15.0 Å². The molecule has 0 radical (unpaired) electrons. The molecule has 0 N–H and O–H groups in total. The number of nitrogens with zero attached hydrogens (tertiary/aromatic N) is 1. The molecule has 3 rings (SSSR count). The van der Waals surface area contributed by atoms with Crippen LogP contribution in [0.5, 0.6) is 0 Å². The van der Waals surface area contributed by atoms with Crippen molar-refractivity contribution < 1.29 is 14.4 Å².